The van der Waals surface area contributed by atoms with E-state index in [-0.39, 0.29) is 13.1 Å². The van der Waals surface area contributed by atoms with Crippen molar-refractivity contribution in [2.24, 2.45) is 11.7 Å². The predicted molar refractivity (Wildman–Crippen MR) is 55.8 cm³/mol. The molecule has 0 radical (unpaired) electrons. The van der Waals surface area contributed by atoms with Gasteiger partial charge in [-0.2, -0.15) is 13.2 Å². The van der Waals surface area contributed by atoms with E-state index in [1.54, 1.807) is 0 Å². The highest BCUT2D eigenvalue weighted by molar-refractivity contribution is 5.78. The number of carbonyl (C=O) groups excluding carboxylic acids is 1. The Morgan fingerprint density at radius 3 is 2.38 bits per heavy atom. The third-order valence-corrected chi connectivity index (χ3v) is 2.24. The standard InChI is InChI=1S/C10H19F3N2O/c1-3-4-5-15(7-10(11,12)13)9(16)8(2)6-14/h8H,3-7,14H2,1-2H3. The van der Waals surface area contributed by atoms with Crippen molar-refractivity contribution in [2.45, 2.75) is 32.9 Å². The van der Waals surface area contributed by atoms with E-state index in [0.29, 0.717) is 6.42 Å². The molecule has 0 aliphatic carbocycles. The molecule has 0 fully saturated rings. The number of nitrogens with two attached hydrogens (primary N) is 1. The van der Waals surface area contributed by atoms with Crippen molar-refractivity contribution < 1.29 is 18.0 Å². The van der Waals surface area contributed by atoms with E-state index >= 15 is 0 Å². The Labute approximate surface area is 93.8 Å². The van der Waals surface area contributed by atoms with E-state index in [0.717, 1.165) is 11.3 Å². The van der Waals surface area contributed by atoms with Crippen LogP contribution in [0.3, 0.4) is 0 Å². The average molecular weight is 240 g/mol. The maximum Gasteiger partial charge on any atom is 0.406 e. The Kier molecular flexibility index (Phi) is 6.40. The molecule has 0 aromatic heterocycles. The van der Waals surface area contributed by atoms with Gasteiger partial charge in [0, 0.05) is 19.0 Å². The molecule has 2 N–H and O–H groups in total. The van der Waals surface area contributed by atoms with Crippen LogP contribution in [0.25, 0.3) is 0 Å². The number of amides is 1. The summed E-state index contributed by atoms with van der Waals surface area (Å²) in [5.41, 5.74) is 5.27. The first-order valence-corrected chi connectivity index (χ1v) is 5.37. The molecule has 0 aliphatic heterocycles. The molecule has 0 spiro atoms. The van der Waals surface area contributed by atoms with Crippen molar-refractivity contribution in [3.63, 3.8) is 0 Å². The molecule has 0 aromatic rings. The first-order chi connectivity index (χ1) is 7.31. The average Bonchev–Trinajstić information content (AvgIpc) is 2.20. The summed E-state index contributed by atoms with van der Waals surface area (Å²) < 4.78 is 36.7. The van der Waals surface area contributed by atoms with Crippen LogP contribution in [0, 0.1) is 5.92 Å². The van der Waals surface area contributed by atoms with Gasteiger partial charge in [0.2, 0.25) is 5.91 Å². The third-order valence-electron chi connectivity index (χ3n) is 2.24. The summed E-state index contributed by atoms with van der Waals surface area (Å²) in [6, 6.07) is 0. The van der Waals surface area contributed by atoms with E-state index in [9.17, 15) is 18.0 Å². The molecule has 6 heteroatoms. The van der Waals surface area contributed by atoms with Gasteiger partial charge >= 0.3 is 6.18 Å². The monoisotopic (exact) mass is 240 g/mol. The van der Waals surface area contributed by atoms with Crippen LogP contribution in [0.15, 0.2) is 0 Å². The highest BCUT2D eigenvalue weighted by atomic mass is 19.4. The lowest BCUT2D eigenvalue weighted by atomic mass is 10.1. The van der Waals surface area contributed by atoms with E-state index in [4.69, 9.17) is 5.73 Å². The summed E-state index contributed by atoms with van der Waals surface area (Å²) in [5.74, 6) is -1.08. The molecular formula is C10H19F3N2O. The van der Waals surface area contributed by atoms with E-state index in [1.165, 1.54) is 6.92 Å². The van der Waals surface area contributed by atoms with Gasteiger partial charge in [0.15, 0.2) is 0 Å². The number of unbranched alkanes of at least 4 members (excludes halogenated alkanes) is 1. The van der Waals surface area contributed by atoms with Gasteiger partial charge in [0.25, 0.3) is 0 Å². The van der Waals surface area contributed by atoms with Crippen LogP contribution in [0.4, 0.5) is 13.2 Å². The van der Waals surface area contributed by atoms with E-state index < -0.39 is 24.5 Å². The van der Waals surface area contributed by atoms with Gasteiger partial charge in [-0.15, -0.1) is 0 Å². The molecule has 1 unspecified atom stereocenters. The Morgan fingerprint density at radius 2 is 2.00 bits per heavy atom. The fourth-order valence-electron chi connectivity index (χ4n) is 1.25. The lowest BCUT2D eigenvalue weighted by Gasteiger charge is -2.26. The molecule has 16 heavy (non-hydrogen) atoms. The molecule has 0 rings (SSSR count). The minimum atomic E-state index is -4.35. The molecule has 0 heterocycles. The van der Waals surface area contributed by atoms with Crippen molar-refractivity contribution in [2.75, 3.05) is 19.6 Å². The van der Waals surface area contributed by atoms with Crippen molar-refractivity contribution in [3.8, 4) is 0 Å². The van der Waals surface area contributed by atoms with Gasteiger partial charge in [-0.25, -0.2) is 0 Å². The van der Waals surface area contributed by atoms with Crippen molar-refractivity contribution in [1.29, 1.82) is 0 Å². The lowest BCUT2D eigenvalue weighted by molar-refractivity contribution is -0.163. The molecule has 1 atom stereocenters. The molecule has 0 aromatic carbocycles. The fraction of sp³-hybridized carbons (Fsp3) is 0.900. The van der Waals surface area contributed by atoms with Gasteiger partial charge < -0.3 is 10.6 Å². The van der Waals surface area contributed by atoms with Gasteiger partial charge in [-0.05, 0) is 6.42 Å². The molecule has 1 amide bonds. The number of carbonyl (C=O) groups is 1. The Morgan fingerprint density at radius 1 is 1.44 bits per heavy atom. The molecule has 0 saturated carbocycles. The van der Waals surface area contributed by atoms with Crippen molar-refractivity contribution in [1.82, 2.24) is 4.90 Å². The largest absolute Gasteiger partial charge is 0.406 e. The van der Waals surface area contributed by atoms with Crippen LogP contribution in [0.2, 0.25) is 0 Å². The predicted octanol–water partition coefficient (Wildman–Crippen LogP) is 1.77. The van der Waals surface area contributed by atoms with Gasteiger partial charge in [0.1, 0.15) is 6.54 Å². The Bertz CT molecular complexity index is 219. The molecule has 3 nitrogen and oxygen atoms in total. The van der Waals surface area contributed by atoms with Crippen LogP contribution < -0.4 is 5.73 Å². The number of alkyl halides is 3. The maximum atomic E-state index is 12.2. The fourth-order valence-corrected chi connectivity index (χ4v) is 1.25. The first kappa shape index (κ1) is 15.2. The molecule has 0 aliphatic rings. The number of hydrogen-bond donors (Lipinski definition) is 1. The smallest absolute Gasteiger partial charge is 0.333 e. The topological polar surface area (TPSA) is 46.3 Å². The van der Waals surface area contributed by atoms with Gasteiger partial charge in [0.05, 0.1) is 0 Å². The summed E-state index contributed by atoms with van der Waals surface area (Å²) in [5, 5.41) is 0. The second-order valence-corrected chi connectivity index (χ2v) is 3.87. The van der Waals surface area contributed by atoms with Crippen LogP contribution in [0.1, 0.15) is 26.7 Å². The Hall–Kier alpha value is -0.780. The summed E-state index contributed by atoms with van der Waals surface area (Å²) in [6.07, 6.45) is -3.03. The van der Waals surface area contributed by atoms with E-state index in [2.05, 4.69) is 0 Å². The summed E-state index contributed by atoms with van der Waals surface area (Å²) in [6.45, 7) is 2.43. The summed E-state index contributed by atoms with van der Waals surface area (Å²) in [7, 11) is 0. The number of halogens is 3. The van der Waals surface area contributed by atoms with Gasteiger partial charge in [-0.3, -0.25) is 4.79 Å². The minimum absolute atomic E-state index is 0.0688. The van der Waals surface area contributed by atoms with Crippen LogP contribution in [-0.2, 0) is 4.79 Å². The second kappa shape index (κ2) is 6.73. The van der Waals surface area contributed by atoms with Crippen LogP contribution in [0.5, 0.6) is 0 Å². The quantitative estimate of drug-likeness (QED) is 0.769. The highest BCUT2D eigenvalue weighted by Crippen LogP contribution is 2.18. The van der Waals surface area contributed by atoms with Crippen molar-refractivity contribution >= 4 is 5.91 Å². The molecular weight excluding hydrogens is 221 g/mol. The minimum Gasteiger partial charge on any atom is -0.333 e. The number of rotatable bonds is 6. The molecule has 0 bridgehead atoms. The highest BCUT2D eigenvalue weighted by Gasteiger charge is 2.33. The van der Waals surface area contributed by atoms with Gasteiger partial charge in [-0.1, -0.05) is 20.3 Å². The zero-order valence-electron chi connectivity index (χ0n) is 9.68. The van der Waals surface area contributed by atoms with E-state index in [1.807, 2.05) is 6.92 Å². The summed E-state index contributed by atoms with van der Waals surface area (Å²) in [4.78, 5) is 12.5. The van der Waals surface area contributed by atoms with Crippen molar-refractivity contribution in [3.05, 3.63) is 0 Å². The Balaban J connectivity index is 4.47. The zero-order chi connectivity index (χ0) is 12.8. The first-order valence-electron chi connectivity index (χ1n) is 5.37. The second-order valence-electron chi connectivity index (χ2n) is 3.87. The normalized spacial score (nSPS) is 13.6. The number of hydrogen-bond acceptors (Lipinski definition) is 2. The van der Waals surface area contributed by atoms with Crippen LogP contribution >= 0.6 is 0 Å². The molecule has 96 valence electrons. The third kappa shape index (κ3) is 5.95. The SMILES string of the molecule is CCCCN(CC(F)(F)F)C(=O)C(C)CN. The maximum absolute atomic E-state index is 12.2. The lowest BCUT2D eigenvalue weighted by Crippen LogP contribution is -2.43. The molecule has 0 saturated heterocycles. The van der Waals surface area contributed by atoms with Crippen LogP contribution in [-0.4, -0.2) is 36.6 Å². The summed E-state index contributed by atoms with van der Waals surface area (Å²) >= 11 is 0. The number of nitrogens with zero attached hydrogens (tertiary/aromatic N) is 1. The zero-order valence-corrected chi connectivity index (χ0v) is 9.68.